The lowest BCUT2D eigenvalue weighted by Crippen LogP contribution is -2.05. The molecule has 20 heavy (non-hydrogen) atoms. The predicted molar refractivity (Wildman–Crippen MR) is 86.4 cm³/mol. The molecule has 2 N–H and O–H groups in total. The van der Waals surface area contributed by atoms with Gasteiger partial charge in [0, 0.05) is 17.5 Å². The number of fused-ring (bicyclic) bond motifs is 1. The zero-order chi connectivity index (χ0) is 14.1. The van der Waals surface area contributed by atoms with E-state index in [-0.39, 0.29) is 0 Å². The van der Waals surface area contributed by atoms with Gasteiger partial charge in [0.15, 0.2) is 0 Å². The van der Waals surface area contributed by atoms with Crippen LogP contribution in [0.1, 0.15) is 4.88 Å². The maximum Gasteiger partial charge on any atom is 0.201 e. The third-order valence-electron chi connectivity index (χ3n) is 3.20. The van der Waals surface area contributed by atoms with Crippen LogP contribution in [0.5, 0.6) is 5.75 Å². The Morgan fingerprint density at radius 3 is 2.90 bits per heavy atom. The molecule has 0 aliphatic rings. The fourth-order valence-corrected chi connectivity index (χ4v) is 3.66. The van der Waals surface area contributed by atoms with Crippen molar-refractivity contribution in [1.82, 2.24) is 9.55 Å². The SMILES string of the molecule is COc1ccc2nc(N)n(CCc3ccc(Br)s3)c2c1. The van der Waals surface area contributed by atoms with Gasteiger partial charge in [-0.3, -0.25) is 0 Å². The third-order valence-corrected chi connectivity index (χ3v) is 4.88. The lowest BCUT2D eigenvalue weighted by Gasteiger charge is -2.06. The number of anilines is 1. The Balaban J connectivity index is 1.91. The van der Waals surface area contributed by atoms with Crippen LogP contribution < -0.4 is 10.5 Å². The molecule has 3 rings (SSSR count). The number of imidazole rings is 1. The van der Waals surface area contributed by atoms with E-state index in [0.717, 1.165) is 33.5 Å². The molecule has 104 valence electrons. The average molecular weight is 352 g/mol. The predicted octanol–water partition coefficient (Wildman–Crippen LogP) is 3.69. The summed E-state index contributed by atoms with van der Waals surface area (Å²) in [6, 6.07) is 10.0. The molecule has 0 saturated heterocycles. The quantitative estimate of drug-likeness (QED) is 0.779. The number of nitrogens with two attached hydrogens (primary N) is 1. The van der Waals surface area contributed by atoms with Crippen molar-refractivity contribution in [3.63, 3.8) is 0 Å². The summed E-state index contributed by atoms with van der Waals surface area (Å²) in [4.78, 5) is 5.71. The number of thiophene rings is 1. The van der Waals surface area contributed by atoms with Crippen molar-refractivity contribution in [2.45, 2.75) is 13.0 Å². The van der Waals surface area contributed by atoms with E-state index in [9.17, 15) is 0 Å². The number of rotatable bonds is 4. The smallest absolute Gasteiger partial charge is 0.201 e. The number of aromatic nitrogens is 2. The van der Waals surface area contributed by atoms with Gasteiger partial charge in [-0.25, -0.2) is 4.98 Å². The normalized spacial score (nSPS) is 11.1. The second-order valence-electron chi connectivity index (χ2n) is 4.43. The minimum Gasteiger partial charge on any atom is -0.497 e. The van der Waals surface area contributed by atoms with E-state index in [1.54, 1.807) is 18.4 Å². The van der Waals surface area contributed by atoms with Gasteiger partial charge in [0.1, 0.15) is 5.75 Å². The molecule has 0 aliphatic carbocycles. The first-order valence-corrected chi connectivity index (χ1v) is 7.82. The molecule has 0 radical (unpaired) electrons. The van der Waals surface area contributed by atoms with Gasteiger partial charge in [0.05, 0.1) is 21.9 Å². The maximum absolute atomic E-state index is 6.02. The summed E-state index contributed by atoms with van der Waals surface area (Å²) < 4.78 is 8.45. The molecular formula is C14H14BrN3OS. The molecule has 3 aromatic rings. The van der Waals surface area contributed by atoms with Gasteiger partial charge in [0.2, 0.25) is 5.95 Å². The van der Waals surface area contributed by atoms with Crippen molar-refractivity contribution >= 4 is 44.2 Å². The lowest BCUT2D eigenvalue weighted by molar-refractivity contribution is 0.415. The Morgan fingerprint density at radius 2 is 2.20 bits per heavy atom. The minimum absolute atomic E-state index is 0.545. The molecule has 0 fully saturated rings. The topological polar surface area (TPSA) is 53.1 Å². The van der Waals surface area contributed by atoms with Crippen LogP contribution in [0.2, 0.25) is 0 Å². The summed E-state index contributed by atoms with van der Waals surface area (Å²) in [5, 5.41) is 0. The summed E-state index contributed by atoms with van der Waals surface area (Å²) in [6.45, 7) is 0.808. The largest absolute Gasteiger partial charge is 0.497 e. The van der Waals surface area contributed by atoms with Crippen molar-refractivity contribution in [2.24, 2.45) is 0 Å². The van der Waals surface area contributed by atoms with Crippen LogP contribution >= 0.6 is 27.3 Å². The summed E-state index contributed by atoms with van der Waals surface area (Å²) in [5.74, 6) is 1.36. The summed E-state index contributed by atoms with van der Waals surface area (Å²) >= 11 is 5.23. The number of methoxy groups -OCH3 is 1. The Hall–Kier alpha value is -1.53. The van der Waals surface area contributed by atoms with Crippen LogP contribution in [0.25, 0.3) is 11.0 Å². The Bertz CT molecular complexity index is 750. The Morgan fingerprint density at radius 1 is 1.35 bits per heavy atom. The molecule has 0 spiro atoms. The molecule has 4 nitrogen and oxygen atoms in total. The number of halogens is 1. The van der Waals surface area contributed by atoms with Gasteiger partial charge in [-0.05, 0) is 46.6 Å². The van der Waals surface area contributed by atoms with E-state index in [1.165, 1.54) is 4.88 Å². The molecule has 6 heteroatoms. The molecule has 1 aromatic carbocycles. The second kappa shape index (κ2) is 5.46. The molecule has 0 atom stereocenters. The van der Waals surface area contributed by atoms with E-state index >= 15 is 0 Å². The molecule has 0 bridgehead atoms. The molecular weight excluding hydrogens is 338 g/mol. The van der Waals surface area contributed by atoms with Gasteiger partial charge in [-0.15, -0.1) is 11.3 Å². The highest BCUT2D eigenvalue weighted by molar-refractivity contribution is 9.11. The van der Waals surface area contributed by atoms with Crippen molar-refractivity contribution in [3.8, 4) is 5.75 Å². The number of hydrogen-bond acceptors (Lipinski definition) is 4. The number of aryl methyl sites for hydroxylation is 2. The summed E-state index contributed by atoms with van der Waals surface area (Å²) in [5.41, 5.74) is 7.93. The van der Waals surface area contributed by atoms with Gasteiger partial charge < -0.3 is 15.0 Å². The van der Waals surface area contributed by atoms with Crippen LogP contribution in [0.15, 0.2) is 34.1 Å². The van der Waals surface area contributed by atoms with Gasteiger partial charge >= 0.3 is 0 Å². The second-order valence-corrected chi connectivity index (χ2v) is 6.98. The molecule has 0 aliphatic heterocycles. The van der Waals surface area contributed by atoms with Gasteiger partial charge in [0.25, 0.3) is 0 Å². The van der Waals surface area contributed by atoms with Crippen molar-refractivity contribution in [1.29, 1.82) is 0 Å². The molecule has 0 saturated carbocycles. The van der Waals surface area contributed by atoms with Crippen LogP contribution in [0.3, 0.4) is 0 Å². The monoisotopic (exact) mass is 351 g/mol. The number of nitrogens with zero attached hydrogens (tertiary/aromatic N) is 2. The average Bonchev–Trinajstić information content (AvgIpc) is 2.98. The molecule has 0 unspecified atom stereocenters. The van der Waals surface area contributed by atoms with E-state index in [0.29, 0.717) is 5.95 Å². The van der Waals surface area contributed by atoms with Gasteiger partial charge in [-0.1, -0.05) is 0 Å². The van der Waals surface area contributed by atoms with Crippen LogP contribution in [0.4, 0.5) is 5.95 Å². The summed E-state index contributed by atoms with van der Waals surface area (Å²) in [7, 11) is 1.66. The first-order chi connectivity index (χ1) is 9.67. The zero-order valence-electron chi connectivity index (χ0n) is 11.0. The van der Waals surface area contributed by atoms with E-state index in [2.05, 4.69) is 33.0 Å². The van der Waals surface area contributed by atoms with Gasteiger partial charge in [-0.2, -0.15) is 0 Å². The zero-order valence-corrected chi connectivity index (χ0v) is 13.4. The van der Waals surface area contributed by atoms with Crippen molar-refractivity contribution in [3.05, 3.63) is 39.0 Å². The Labute approximate surface area is 129 Å². The van der Waals surface area contributed by atoms with E-state index < -0.39 is 0 Å². The fraction of sp³-hybridized carbons (Fsp3) is 0.214. The third kappa shape index (κ3) is 2.53. The fourth-order valence-electron chi connectivity index (χ4n) is 2.19. The van der Waals surface area contributed by atoms with Crippen molar-refractivity contribution < 1.29 is 4.74 Å². The van der Waals surface area contributed by atoms with Crippen LogP contribution in [-0.2, 0) is 13.0 Å². The van der Waals surface area contributed by atoms with Crippen molar-refractivity contribution in [2.75, 3.05) is 12.8 Å². The van der Waals surface area contributed by atoms with E-state index in [4.69, 9.17) is 10.5 Å². The standard InChI is InChI=1S/C14H14BrN3OS/c1-19-9-2-4-11-12(8-9)18(14(16)17-11)7-6-10-3-5-13(15)20-10/h2-5,8H,6-7H2,1H3,(H2,16,17). The molecule has 2 heterocycles. The lowest BCUT2D eigenvalue weighted by atomic mass is 10.3. The van der Waals surface area contributed by atoms with Crippen LogP contribution in [-0.4, -0.2) is 16.7 Å². The number of ether oxygens (including phenoxy) is 1. The van der Waals surface area contributed by atoms with E-state index in [1.807, 2.05) is 22.8 Å². The number of benzene rings is 1. The minimum atomic E-state index is 0.545. The first kappa shape index (κ1) is 13.5. The number of nitrogen functional groups attached to an aromatic ring is 1. The van der Waals surface area contributed by atoms with Crippen LogP contribution in [0, 0.1) is 0 Å². The maximum atomic E-state index is 6.02. The number of hydrogen-bond donors (Lipinski definition) is 1. The molecule has 2 aromatic heterocycles. The summed E-state index contributed by atoms with van der Waals surface area (Å²) in [6.07, 6.45) is 0.934. The highest BCUT2D eigenvalue weighted by Crippen LogP contribution is 2.26. The Kier molecular flexibility index (Phi) is 3.67. The first-order valence-electron chi connectivity index (χ1n) is 6.21. The molecule has 0 amide bonds. The highest BCUT2D eigenvalue weighted by atomic mass is 79.9. The highest BCUT2D eigenvalue weighted by Gasteiger charge is 2.09.